The summed E-state index contributed by atoms with van der Waals surface area (Å²) in [5.41, 5.74) is 1.31. The fourth-order valence-electron chi connectivity index (χ4n) is 1.80. The van der Waals surface area contributed by atoms with Gasteiger partial charge in [0.05, 0.1) is 6.61 Å². The van der Waals surface area contributed by atoms with E-state index < -0.39 is 0 Å². The van der Waals surface area contributed by atoms with Gasteiger partial charge in [0, 0.05) is 0 Å². The number of rotatable bonds is 6. The molecule has 0 amide bonds. The molecular formula is C15H21N2O+. The van der Waals surface area contributed by atoms with E-state index in [0.717, 1.165) is 13.2 Å². The Morgan fingerprint density at radius 3 is 2.72 bits per heavy atom. The lowest BCUT2D eigenvalue weighted by molar-refractivity contribution is -0.688. The van der Waals surface area contributed by atoms with Crippen molar-refractivity contribution in [3.05, 3.63) is 54.6 Å². The molecule has 0 radical (unpaired) electrons. The van der Waals surface area contributed by atoms with E-state index in [1.807, 2.05) is 12.3 Å². The second-order valence-corrected chi connectivity index (χ2v) is 4.98. The molecule has 0 spiro atoms. The van der Waals surface area contributed by atoms with Crippen LogP contribution in [0.2, 0.25) is 0 Å². The highest BCUT2D eigenvalue weighted by Crippen LogP contribution is 1.98. The molecule has 3 nitrogen and oxygen atoms in total. The third kappa shape index (κ3) is 4.00. The molecule has 0 aliphatic rings. The number of hydrogen-bond donors (Lipinski definition) is 0. The molecule has 0 saturated heterocycles. The monoisotopic (exact) mass is 245 g/mol. The summed E-state index contributed by atoms with van der Waals surface area (Å²) < 4.78 is 9.82. The van der Waals surface area contributed by atoms with Crippen molar-refractivity contribution in [2.75, 3.05) is 6.61 Å². The molecule has 0 fully saturated rings. The average Bonchev–Trinajstić information content (AvgIpc) is 2.78. The van der Waals surface area contributed by atoms with Crippen molar-refractivity contribution >= 4 is 0 Å². The first-order valence-electron chi connectivity index (χ1n) is 6.40. The number of imidazole rings is 1. The largest absolute Gasteiger partial charge is 0.341 e. The van der Waals surface area contributed by atoms with E-state index in [1.54, 1.807) is 0 Å². The summed E-state index contributed by atoms with van der Waals surface area (Å²) in [6, 6.07) is 10.5. The standard InChI is InChI=1S/C15H21N2O/c1-14(2)11-18-13-17-9-8-16(12-17)10-15-6-4-3-5-7-15/h3-9,12,14H,10-11,13H2,1-2H3/q+1. The van der Waals surface area contributed by atoms with Crippen LogP contribution in [0.25, 0.3) is 0 Å². The minimum Gasteiger partial charge on any atom is -0.341 e. The van der Waals surface area contributed by atoms with Crippen LogP contribution in [0, 0.1) is 5.92 Å². The van der Waals surface area contributed by atoms with Gasteiger partial charge in [-0.1, -0.05) is 44.2 Å². The Morgan fingerprint density at radius 1 is 1.22 bits per heavy atom. The van der Waals surface area contributed by atoms with Gasteiger partial charge in [-0.25, -0.2) is 9.13 Å². The molecular weight excluding hydrogens is 224 g/mol. The van der Waals surface area contributed by atoms with Crippen LogP contribution in [0.15, 0.2) is 49.1 Å². The molecule has 0 aliphatic heterocycles. The minimum absolute atomic E-state index is 0.581. The number of ether oxygens (including phenoxy) is 1. The molecule has 18 heavy (non-hydrogen) atoms. The van der Waals surface area contributed by atoms with Crippen LogP contribution in [0.3, 0.4) is 0 Å². The number of aromatic nitrogens is 2. The number of benzene rings is 1. The topological polar surface area (TPSA) is 18.0 Å². The maximum Gasteiger partial charge on any atom is 0.245 e. The van der Waals surface area contributed by atoms with Crippen molar-refractivity contribution in [1.82, 2.24) is 4.57 Å². The molecule has 0 saturated carbocycles. The highest BCUT2D eigenvalue weighted by molar-refractivity contribution is 5.13. The first-order chi connectivity index (χ1) is 8.74. The second kappa shape index (κ2) is 6.36. The lowest BCUT2D eigenvalue weighted by atomic mass is 10.2. The first kappa shape index (κ1) is 12.8. The van der Waals surface area contributed by atoms with Crippen molar-refractivity contribution < 1.29 is 9.30 Å². The van der Waals surface area contributed by atoms with Gasteiger partial charge in [0.25, 0.3) is 0 Å². The molecule has 1 aromatic heterocycles. The quantitative estimate of drug-likeness (QED) is 0.715. The van der Waals surface area contributed by atoms with Gasteiger partial charge in [-0.2, -0.15) is 0 Å². The number of hydrogen-bond acceptors (Lipinski definition) is 1. The molecule has 0 unspecified atom stereocenters. The van der Waals surface area contributed by atoms with Crippen molar-refractivity contribution in [3.63, 3.8) is 0 Å². The molecule has 1 heterocycles. The van der Waals surface area contributed by atoms with Gasteiger partial charge in [0.2, 0.25) is 6.33 Å². The van der Waals surface area contributed by atoms with E-state index in [9.17, 15) is 0 Å². The highest BCUT2D eigenvalue weighted by Gasteiger charge is 2.04. The van der Waals surface area contributed by atoms with Crippen LogP contribution in [-0.2, 0) is 18.0 Å². The van der Waals surface area contributed by atoms with E-state index >= 15 is 0 Å². The smallest absolute Gasteiger partial charge is 0.245 e. The predicted octanol–water partition coefficient (Wildman–Crippen LogP) is 2.45. The van der Waals surface area contributed by atoms with Crippen LogP contribution >= 0.6 is 0 Å². The summed E-state index contributed by atoms with van der Waals surface area (Å²) in [5.74, 6) is 0.581. The molecule has 2 rings (SSSR count). The van der Waals surface area contributed by atoms with Gasteiger partial charge >= 0.3 is 0 Å². The van der Waals surface area contributed by atoms with Crippen LogP contribution in [-0.4, -0.2) is 11.2 Å². The van der Waals surface area contributed by atoms with Gasteiger partial charge in [0.1, 0.15) is 18.9 Å². The molecule has 96 valence electrons. The lowest BCUT2D eigenvalue weighted by Gasteiger charge is -2.03. The summed E-state index contributed by atoms with van der Waals surface area (Å²) in [7, 11) is 0. The fourth-order valence-corrected chi connectivity index (χ4v) is 1.80. The predicted molar refractivity (Wildman–Crippen MR) is 71.0 cm³/mol. The summed E-state index contributed by atoms with van der Waals surface area (Å²) in [5, 5.41) is 0. The molecule has 3 heteroatoms. The third-order valence-corrected chi connectivity index (χ3v) is 2.65. The van der Waals surface area contributed by atoms with Gasteiger partial charge in [-0.15, -0.1) is 0 Å². The third-order valence-electron chi connectivity index (χ3n) is 2.65. The van der Waals surface area contributed by atoms with Crippen molar-refractivity contribution in [1.29, 1.82) is 0 Å². The average molecular weight is 245 g/mol. The van der Waals surface area contributed by atoms with E-state index in [1.165, 1.54) is 5.56 Å². The summed E-state index contributed by atoms with van der Waals surface area (Å²) in [6.07, 6.45) is 6.20. The van der Waals surface area contributed by atoms with Crippen molar-refractivity contribution in [3.8, 4) is 0 Å². The van der Waals surface area contributed by atoms with Crippen LogP contribution < -0.4 is 4.57 Å². The Bertz CT molecular complexity index is 462. The Balaban J connectivity index is 1.86. The minimum atomic E-state index is 0.581. The Kier molecular flexibility index (Phi) is 4.53. The maximum absolute atomic E-state index is 5.59. The van der Waals surface area contributed by atoms with Gasteiger partial charge in [-0.05, 0) is 11.5 Å². The highest BCUT2D eigenvalue weighted by atomic mass is 16.5. The van der Waals surface area contributed by atoms with E-state index in [-0.39, 0.29) is 0 Å². The maximum atomic E-state index is 5.59. The van der Waals surface area contributed by atoms with Gasteiger partial charge in [0.15, 0.2) is 6.73 Å². The molecule has 1 aromatic carbocycles. The van der Waals surface area contributed by atoms with E-state index in [4.69, 9.17) is 4.74 Å². The summed E-state index contributed by atoms with van der Waals surface area (Å²) in [4.78, 5) is 0. The van der Waals surface area contributed by atoms with Crippen LogP contribution in [0.5, 0.6) is 0 Å². The Morgan fingerprint density at radius 2 is 2.00 bits per heavy atom. The van der Waals surface area contributed by atoms with Crippen LogP contribution in [0.1, 0.15) is 19.4 Å². The van der Waals surface area contributed by atoms with E-state index in [0.29, 0.717) is 12.6 Å². The number of nitrogens with zero attached hydrogens (tertiary/aromatic N) is 2. The zero-order valence-electron chi connectivity index (χ0n) is 11.1. The SMILES string of the molecule is CC(C)COCn1cc[n+](Cc2ccccc2)c1. The zero-order chi connectivity index (χ0) is 12.8. The van der Waals surface area contributed by atoms with Crippen molar-refractivity contribution in [2.24, 2.45) is 5.92 Å². The molecule has 0 atom stereocenters. The Hall–Kier alpha value is -1.61. The second-order valence-electron chi connectivity index (χ2n) is 4.98. The molecule has 0 bridgehead atoms. The molecule has 0 N–H and O–H groups in total. The Labute approximate surface area is 109 Å². The van der Waals surface area contributed by atoms with Crippen LogP contribution in [0.4, 0.5) is 0 Å². The van der Waals surface area contributed by atoms with Crippen molar-refractivity contribution in [2.45, 2.75) is 27.1 Å². The molecule has 0 aliphatic carbocycles. The normalized spacial score (nSPS) is 11.1. The zero-order valence-corrected chi connectivity index (χ0v) is 11.1. The first-order valence-corrected chi connectivity index (χ1v) is 6.40. The fraction of sp³-hybridized carbons (Fsp3) is 0.400. The summed E-state index contributed by atoms with van der Waals surface area (Å²) >= 11 is 0. The molecule has 2 aromatic rings. The lowest BCUT2D eigenvalue weighted by Crippen LogP contribution is -2.31. The van der Waals surface area contributed by atoms with Gasteiger partial charge < -0.3 is 4.74 Å². The summed E-state index contributed by atoms with van der Waals surface area (Å²) in [6.45, 7) is 6.64. The van der Waals surface area contributed by atoms with Gasteiger partial charge in [-0.3, -0.25) is 0 Å². The van der Waals surface area contributed by atoms with E-state index in [2.05, 4.69) is 59.8 Å².